The Morgan fingerprint density at radius 1 is 1.00 bits per heavy atom. The summed E-state index contributed by atoms with van der Waals surface area (Å²) in [5.41, 5.74) is 5.92. The summed E-state index contributed by atoms with van der Waals surface area (Å²) in [6.07, 6.45) is 0.756. The first-order valence-corrected chi connectivity index (χ1v) is 14.8. The third-order valence-electron chi connectivity index (χ3n) is 9.26. The summed E-state index contributed by atoms with van der Waals surface area (Å²) >= 11 is 0. The number of nitrogens with two attached hydrogens (primary N) is 1. The van der Waals surface area contributed by atoms with Gasteiger partial charge in [0.15, 0.2) is 11.4 Å². The molecule has 0 saturated heterocycles. The number of carbonyl (C=O) groups is 3. The molecule has 0 aromatic heterocycles. The molecule has 232 valence electrons. The van der Waals surface area contributed by atoms with E-state index in [-0.39, 0.29) is 36.1 Å². The number of benzene rings is 3. The number of fused-ring (bicyclic) bond motifs is 3. The minimum Gasteiger partial charge on any atom is -0.508 e. The number of hydrogen-bond acceptors (Lipinski definition) is 9. The molecule has 7 N–H and O–H groups in total. The number of nitrogens with one attached hydrogen (secondary N) is 1. The number of ketones is 2. The molecule has 45 heavy (non-hydrogen) atoms. The second kappa shape index (κ2) is 11.5. The van der Waals surface area contributed by atoms with E-state index in [2.05, 4.69) is 17.4 Å². The smallest absolute Gasteiger partial charge is 0.255 e. The van der Waals surface area contributed by atoms with Crippen molar-refractivity contribution in [2.24, 2.45) is 17.6 Å². The van der Waals surface area contributed by atoms with Crippen LogP contribution in [0.1, 0.15) is 35.1 Å². The largest absolute Gasteiger partial charge is 0.508 e. The summed E-state index contributed by atoms with van der Waals surface area (Å²) in [6, 6.07) is 19.1. The molecule has 10 heteroatoms. The van der Waals surface area contributed by atoms with Crippen molar-refractivity contribution in [2.45, 2.75) is 37.8 Å². The van der Waals surface area contributed by atoms with Crippen LogP contribution < -0.4 is 15.8 Å². The van der Waals surface area contributed by atoms with Crippen LogP contribution in [0.3, 0.4) is 0 Å². The van der Waals surface area contributed by atoms with E-state index in [1.165, 1.54) is 11.6 Å². The molecule has 0 spiro atoms. The quantitative estimate of drug-likeness (QED) is 0.165. The van der Waals surface area contributed by atoms with Crippen molar-refractivity contribution in [3.05, 3.63) is 99.8 Å². The van der Waals surface area contributed by atoms with Crippen molar-refractivity contribution >= 4 is 23.2 Å². The molecule has 0 aliphatic heterocycles. The summed E-state index contributed by atoms with van der Waals surface area (Å²) in [4.78, 5) is 38.4. The van der Waals surface area contributed by atoms with Gasteiger partial charge in [0, 0.05) is 30.0 Å². The fraction of sp³-hybridized carbons (Fsp3) is 0.286. The van der Waals surface area contributed by atoms with Crippen LogP contribution in [0.15, 0.2) is 77.6 Å². The van der Waals surface area contributed by atoms with Crippen LogP contribution in [0, 0.1) is 11.8 Å². The highest BCUT2D eigenvalue weighted by molar-refractivity contribution is 6.22. The van der Waals surface area contributed by atoms with Crippen LogP contribution in [-0.4, -0.2) is 57.2 Å². The molecule has 0 radical (unpaired) electrons. The molecule has 10 nitrogen and oxygen atoms in total. The number of aliphatic hydroxyl groups is 3. The third kappa shape index (κ3) is 4.96. The Balaban J connectivity index is 1.37. The number of amides is 1. The fourth-order valence-electron chi connectivity index (χ4n) is 7.06. The lowest BCUT2D eigenvalue weighted by molar-refractivity contribution is -0.147. The Morgan fingerprint density at radius 2 is 1.76 bits per heavy atom. The second-order valence-electron chi connectivity index (χ2n) is 11.8. The van der Waals surface area contributed by atoms with Crippen LogP contribution in [-0.2, 0) is 33.8 Å². The normalized spacial score (nSPS) is 22.5. The minimum absolute atomic E-state index is 0.0353. The molecule has 0 heterocycles. The standard InChI is InChI=1S/C35H34N2O8/c1-45-27-10-7-19(17-37-12-11-18-5-3-2-4-6-18)13-23(27)22-8-9-25(38)29-24(22)15-20-14-21-16-26(39)30(34(36)43)33(42)35(21,44)32(41)28(20)31(29)40/h2-10,13,20-21,37-38,40,42,44H,11-12,14-17H2,1H3,(H2,36,43)/t20-,21+,35+/m1/s1. The molecule has 3 aromatic carbocycles. The molecule has 0 unspecified atom stereocenters. The first kappa shape index (κ1) is 30.1. The number of aromatic hydroxyl groups is 1. The number of methoxy groups -OCH3 is 1. The van der Waals surface area contributed by atoms with E-state index in [0.717, 1.165) is 24.1 Å². The summed E-state index contributed by atoms with van der Waals surface area (Å²) in [7, 11) is 1.56. The maximum absolute atomic E-state index is 13.8. The van der Waals surface area contributed by atoms with Crippen molar-refractivity contribution in [1.29, 1.82) is 0 Å². The van der Waals surface area contributed by atoms with E-state index in [1.807, 2.05) is 36.4 Å². The van der Waals surface area contributed by atoms with Crippen molar-refractivity contribution in [3.63, 3.8) is 0 Å². The maximum atomic E-state index is 13.8. The molecule has 1 amide bonds. The van der Waals surface area contributed by atoms with Crippen molar-refractivity contribution in [3.8, 4) is 22.6 Å². The van der Waals surface area contributed by atoms with Crippen LogP contribution in [0.25, 0.3) is 16.9 Å². The van der Waals surface area contributed by atoms with E-state index < -0.39 is 52.0 Å². The van der Waals surface area contributed by atoms with E-state index in [9.17, 15) is 34.8 Å². The summed E-state index contributed by atoms with van der Waals surface area (Å²) in [6.45, 7) is 1.37. The Morgan fingerprint density at radius 3 is 2.47 bits per heavy atom. The lowest BCUT2D eigenvalue weighted by Crippen LogP contribution is -2.58. The maximum Gasteiger partial charge on any atom is 0.255 e. The van der Waals surface area contributed by atoms with Crippen LogP contribution in [0.5, 0.6) is 11.5 Å². The van der Waals surface area contributed by atoms with Crippen molar-refractivity contribution in [1.82, 2.24) is 5.32 Å². The zero-order valence-corrected chi connectivity index (χ0v) is 24.7. The molecule has 3 aliphatic rings. The Hall–Kier alpha value is -4.93. The monoisotopic (exact) mass is 610 g/mol. The van der Waals surface area contributed by atoms with Gasteiger partial charge in [-0.05, 0) is 72.2 Å². The van der Waals surface area contributed by atoms with Crippen molar-refractivity contribution < 1.29 is 39.5 Å². The topological polar surface area (TPSA) is 179 Å². The highest BCUT2D eigenvalue weighted by Crippen LogP contribution is 2.53. The number of primary amides is 1. The average Bonchev–Trinajstić information content (AvgIpc) is 3.01. The van der Waals surface area contributed by atoms with Gasteiger partial charge in [0.05, 0.1) is 12.7 Å². The molecule has 1 saturated carbocycles. The van der Waals surface area contributed by atoms with Gasteiger partial charge in [-0.2, -0.15) is 0 Å². The Labute approximate surface area is 259 Å². The number of ether oxygens (including phenoxy) is 1. The number of aliphatic hydroxyl groups excluding tert-OH is 2. The number of Topliss-reactive ketones (excluding diaryl/α,β-unsaturated/α-hetero) is 2. The Bertz CT molecular complexity index is 1790. The van der Waals surface area contributed by atoms with Gasteiger partial charge < -0.3 is 36.2 Å². The third-order valence-corrected chi connectivity index (χ3v) is 9.26. The zero-order valence-electron chi connectivity index (χ0n) is 24.7. The molecule has 3 atom stereocenters. The average molecular weight is 611 g/mol. The van der Waals surface area contributed by atoms with E-state index in [0.29, 0.717) is 23.4 Å². The van der Waals surface area contributed by atoms with Gasteiger partial charge in [0.25, 0.3) is 5.91 Å². The lowest BCUT2D eigenvalue weighted by Gasteiger charge is -2.46. The SMILES string of the molecule is COc1ccc(CNCCc2ccccc2)cc1-c1ccc(O)c2c1C[C@H]1C[C@H]3CC(=O)C(C(N)=O)=C(O)[C@@]3(O)C(=O)C1=C2O. The number of carbonyl (C=O) groups excluding carboxylic acids is 3. The van der Waals surface area contributed by atoms with Gasteiger partial charge >= 0.3 is 0 Å². The van der Waals surface area contributed by atoms with Gasteiger partial charge in [-0.1, -0.05) is 42.5 Å². The van der Waals surface area contributed by atoms with E-state index in [4.69, 9.17) is 10.5 Å². The molecule has 3 aromatic rings. The van der Waals surface area contributed by atoms with Gasteiger partial charge in [0.2, 0.25) is 5.78 Å². The number of phenolic OH excluding ortho intramolecular Hbond substituents is 1. The van der Waals surface area contributed by atoms with Crippen LogP contribution in [0.4, 0.5) is 0 Å². The highest BCUT2D eigenvalue weighted by atomic mass is 16.5. The number of phenols is 1. The molecule has 1 fully saturated rings. The fourth-order valence-corrected chi connectivity index (χ4v) is 7.06. The molecular formula is C35H34N2O8. The van der Waals surface area contributed by atoms with Crippen LogP contribution in [0.2, 0.25) is 0 Å². The van der Waals surface area contributed by atoms with Gasteiger partial charge in [-0.25, -0.2) is 0 Å². The zero-order chi connectivity index (χ0) is 32.0. The summed E-state index contributed by atoms with van der Waals surface area (Å²) in [5, 5.41) is 48.2. The molecular weight excluding hydrogens is 576 g/mol. The van der Waals surface area contributed by atoms with Gasteiger partial charge in [-0.15, -0.1) is 0 Å². The first-order chi connectivity index (χ1) is 21.6. The number of rotatable bonds is 8. The molecule has 0 bridgehead atoms. The lowest BCUT2D eigenvalue weighted by atomic mass is 9.59. The summed E-state index contributed by atoms with van der Waals surface area (Å²) in [5.74, 6) is -6.03. The molecule has 6 rings (SSSR count). The predicted octanol–water partition coefficient (Wildman–Crippen LogP) is 3.43. The first-order valence-electron chi connectivity index (χ1n) is 14.8. The van der Waals surface area contributed by atoms with E-state index in [1.54, 1.807) is 13.2 Å². The van der Waals surface area contributed by atoms with Gasteiger partial charge in [-0.3, -0.25) is 14.4 Å². The predicted molar refractivity (Wildman–Crippen MR) is 165 cm³/mol. The van der Waals surface area contributed by atoms with E-state index >= 15 is 0 Å². The summed E-state index contributed by atoms with van der Waals surface area (Å²) < 4.78 is 5.69. The minimum atomic E-state index is -2.60. The van der Waals surface area contributed by atoms with Crippen molar-refractivity contribution in [2.75, 3.05) is 13.7 Å². The second-order valence-corrected chi connectivity index (χ2v) is 11.8. The van der Waals surface area contributed by atoms with Crippen LogP contribution >= 0.6 is 0 Å². The molecule has 3 aliphatic carbocycles. The number of hydrogen-bond donors (Lipinski definition) is 6. The van der Waals surface area contributed by atoms with Gasteiger partial charge in [0.1, 0.15) is 28.6 Å². The highest BCUT2D eigenvalue weighted by Gasteiger charge is 2.60. The Kier molecular flexibility index (Phi) is 7.72.